The van der Waals surface area contributed by atoms with Crippen LogP contribution in [0.25, 0.3) is 0 Å². The molecule has 1 spiro atoms. The third-order valence-corrected chi connectivity index (χ3v) is 5.58. The quantitative estimate of drug-likeness (QED) is 0.835. The number of piperidine rings is 1. The number of rotatable bonds is 3. The zero-order valence-corrected chi connectivity index (χ0v) is 15.0. The van der Waals surface area contributed by atoms with E-state index in [1.54, 1.807) is 0 Å². The fraction of sp³-hybridized carbons (Fsp3) is 1.00. The van der Waals surface area contributed by atoms with Crippen LogP contribution in [-0.2, 0) is 0 Å². The van der Waals surface area contributed by atoms with Crippen LogP contribution in [-0.4, -0.2) is 67.6 Å². The summed E-state index contributed by atoms with van der Waals surface area (Å²) < 4.78 is 26.0. The van der Waals surface area contributed by atoms with E-state index in [0.29, 0.717) is 6.42 Å². The molecule has 0 aromatic heterocycles. The second-order valence-corrected chi connectivity index (χ2v) is 6.98. The monoisotopic (exact) mass is 359 g/mol. The van der Waals surface area contributed by atoms with Crippen molar-refractivity contribution >= 4 is 24.8 Å². The van der Waals surface area contributed by atoms with Crippen LogP contribution in [0.5, 0.6) is 0 Å². The summed E-state index contributed by atoms with van der Waals surface area (Å²) in [5, 5.41) is 3.44. The maximum Gasteiger partial charge on any atom is 0.251 e. The lowest BCUT2D eigenvalue weighted by molar-refractivity contribution is 0.0613. The molecule has 3 fully saturated rings. The van der Waals surface area contributed by atoms with E-state index < -0.39 is 5.92 Å². The zero-order valence-electron chi connectivity index (χ0n) is 13.3. The molecule has 0 radical (unpaired) electrons. The van der Waals surface area contributed by atoms with Gasteiger partial charge in [-0.15, -0.1) is 24.8 Å². The van der Waals surface area contributed by atoms with Gasteiger partial charge in [-0.2, -0.15) is 0 Å². The Labute approximate surface area is 145 Å². The first-order chi connectivity index (χ1) is 9.52. The van der Waals surface area contributed by atoms with Gasteiger partial charge in [0.2, 0.25) is 0 Å². The first kappa shape index (κ1) is 20.4. The predicted octanol–water partition coefficient (Wildman–Crippen LogP) is 2.64. The van der Waals surface area contributed by atoms with Crippen molar-refractivity contribution in [3.05, 3.63) is 0 Å². The Morgan fingerprint density at radius 2 is 1.77 bits per heavy atom. The topological polar surface area (TPSA) is 18.5 Å². The van der Waals surface area contributed by atoms with Gasteiger partial charge in [0.05, 0.1) is 0 Å². The minimum atomic E-state index is -2.35. The van der Waals surface area contributed by atoms with Crippen molar-refractivity contribution in [3.8, 4) is 0 Å². The van der Waals surface area contributed by atoms with Crippen molar-refractivity contribution in [3.63, 3.8) is 0 Å². The standard InChI is InChI=1S/C15H27F2N3.2ClH/c1-19-8-2-9-20(10-3-13-11-15(13,16)17)12-14(19)4-6-18-7-5-14;;/h13,18H,2-12H2,1H3;2*1H. The molecule has 0 aromatic rings. The van der Waals surface area contributed by atoms with Gasteiger partial charge in [-0.05, 0) is 65.5 Å². The molecule has 3 rings (SSSR count). The van der Waals surface area contributed by atoms with Crippen molar-refractivity contribution in [2.75, 3.05) is 46.3 Å². The summed E-state index contributed by atoms with van der Waals surface area (Å²) in [6.07, 6.45) is 4.31. The number of halogens is 4. The highest BCUT2D eigenvalue weighted by atomic mass is 35.5. The zero-order chi connectivity index (χ0) is 14.2. The predicted molar refractivity (Wildman–Crippen MR) is 90.7 cm³/mol. The molecule has 0 amide bonds. The van der Waals surface area contributed by atoms with E-state index >= 15 is 0 Å². The Balaban J connectivity index is 0.00000121. The van der Waals surface area contributed by atoms with Gasteiger partial charge in [0.15, 0.2) is 0 Å². The second-order valence-electron chi connectivity index (χ2n) is 6.98. The minimum absolute atomic E-state index is 0. The van der Waals surface area contributed by atoms with Crippen LogP contribution >= 0.6 is 24.8 Å². The summed E-state index contributed by atoms with van der Waals surface area (Å²) in [6.45, 7) is 6.28. The van der Waals surface area contributed by atoms with Crippen molar-refractivity contribution in [2.45, 2.75) is 43.6 Å². The molecule has 132 valence electrons. The molecule has 3 nitrogen and oxygen atoms in total. The van der Waals surface area contributed by atoms with Crippen LogP contribution in [0.2, 0.25) is 0 Å². The molecule has 0 aromatic carbocycles. The van der Waals surface area contributed by atoms with Crippen LogP contribution in [0.1, 0.15) is 32.1 Å². The summed E-state index contributed by atoms with van der Waals surface area (Å²) in [6, 6.07) is 0. The van der Waals surface area contributed by atoms with Crippen molar-refractivity contribution in [1.82, 2.24) is 15.1 Å². The van der Waals surface area contributed by atoms with Crippen LogP contribution in [0.3, 0.4) is 0 Å². The van der Waals surface area contributed by atoms with Crippen molar-refractivity contribution in [1.29, 1.82) is 0 Å². The number of nitrogens with one attached hydrogen (secondary N) is 1. The van der Waals surface area contributed by atoms with Crippen LogP contribution in [0.4, 0.5) is 8.78 Å². The van der Waals surface area contributed by atoms with Gasteiger partial charge in [-0.25, -0.2) is 8.78 Å². The van der Waals surface area contributed by atoms with Crippen molar-refractivity contribution in [2.24, 2.45) is 5.92 Å². The number of hydrogen-bond acceptors (Lipinski definition) is 3. The molecule has 7 heteroatoms. The lowest BCUT2D eigenvalue weighted by atomic mass is 9.86. The summed E-state index contributed by atoms with van der Waals surface area (Å²) in [5.41, 5.74) is 0.272. The van der Waals surface area contributed by atoms with E-state index in [9.17, 15) is 8.78 Å². The average molecular weight is 360 g/mol. The van der Waals surface area contributed by atoms with Crippen LogP contribution in [0.15, 0.2) is 0 Å². The molecule has 1 unspecified atom stereocenters. The molecule has 3 aliphatic rings. The van der Waals surface area contributed by atoms with E-state index in [1.807, 2.05) is 0 Å². The van der Waals surface area contributed by atoms with Gasteiger partial charge >= 0.3 is 0 Å². The Bertz CT molecular complexity index is 352. The van der Waals surface area contributed by atoms with E-state index in [1.165, 1.54) is 12.8 Å². The number of hydrogen-bond donors (Lipinski definition) is 1. The normalized spacial score (nSPS) is 31.0. The van der Waals surface area contributed by atoms with E-state index in [2.05, 4.69) is 22.2 Å². The molecular weight excluding hydrogens is 331 g/mol. The molecule has 1 N–H and O–H groups in total. The molecule has 1 atom stereocenters. The third-order valence-electron chi connectivity index (χ3n) is 5.58. The van der Waals surface area contributed by atoms with Crippen LogP contribution < -0.4 is 5.32 Å². The first-order valence-corrected chi connectivity index (χ1v) is 8.04. The largest absolute Gasteiger partial charge is 0.317 e. The van der Waals surface area contributed by atoms with Crippen molar-refractivity contribution < 1.29 is 8.78 Å². The molecule has 22 heavy (non-hydrogen) atoms. The van der Waals surface area contributed by atoms with E-state index in [-0.39, 0.29) is 42.7 Å². The third kappa shape index (κ3) is 4.44. The van der Waals surface area contributed by atoms with E-state index in [4.69, 9.17) is 0 Å². The smallest absolute Gasteiger partial charge is 0.251 e. The van der Waals surface area contributed by atoms with Gasteiger partial charge in [-0.1, -0.05) is 0 Å². The van der Waals surface area contributed by atoms with Gasteiger partial charge in [0, 0.05) is 24.4 Å². The number of alkyl halides is 2. The van der Waals surface area contributed by atoms with Crippen LogP contribution in [0, 0.1) is 5.92 Å². The molecule has 1 aliphatic carbocycles. The maximum absolute atomic E-state index is 13.0. The lowest BCUT2D eigenvalue weighted by Crippen LogP contribution is -2.57. The summed E-state index contributed by atoms with van der Waals surface area (Å²) >= 11 is 0. The van der Waals surface area contributed by atoms with Gasteiger partial charge < -0.3 is 10.2 Å². The highest BCUT2D eigenvalue weighted by Gasteiger charge is 2.56. The maximum atomic E-state index is 13.0. The Morgan fingerprint density at radius 3 is 2.36 bits per heavy atom. The summed E-state index contributed by atoms with van der Waals surface area (Å²) in [4.78, 5) is 4.97. The molecule has 2 heterocycles. The lowest BCUT2D eigenvalue weighted by Gasteiger charge is -2.45. The molecular formula is C15H29Cl2F2N3. The Morgan fingerprint density at radius 1 is 1.14 bits per heavy atom. The highest BCUT2D eigenvalue weighted by Crippen LogP contribution is 2.50. The van der Waals surface area contributed by atoms with E-state index in [0.717, 1.165) is 45.7 Å². The second kappa shape index (κ2) is 7.93. The van der Waals surface area contributed by atoms with Gasteiger partial charge in [0.25, 0.3) is 5.92 Å². The summed E-state index contributed by atoms with van der Waals surface area (Å²) in [7, 11) is 2.24. The molecule has 0 bridgehead atoms. The Hall–Kier alpha value is 0.320. The molecule has 2 aliphatic heterocycles. The number of nitrogens with zero attached hydrogens (tertiary/aromatic N) is 2. The van der Waals surface area contributed by atoms with Gasteiger partial charge in [-0.3, -0.25) is 4.90 Å². The molecule has 2 saturated heterocycles. The first-order valence-electron chi connectivity index (χ1n) is 8.04. The van der Waals surface area contributed by atoms with Gasteiger partial charge in [0.1, 0.15) is 0 Å². The fourth-order valence-electron chi connectivity index (χ4n) is 3.93. The highest BCUT2D eigenvalue weighted by molar-refractivity contribution is 5.85. The summed E-state index contributed by atoms with van der Waals surface area (Å²) in [5.74, 6) is -2.69. The average Bonchev–Trinajstić information content (AvgIpc) is 3.06. The minimum Gasteiger partial charge on any atom is -0.317 e. The SMILES string of the molecule is CN1CCCN(CCC2CC2(F)F)CC12CCNCC2.Cl.Cl. The molecule has 1 saturated carbocycles. The number of likely N-dealkylation sites (N-methyl/N-ethyl adjacent to an activating group) is 1. The fourth-order valence-corrected chi connectivity index (χ4v) is 3.93. The Kier molecular flexibility index (Phi) is 7.34.